The number of carbonyl (C=O) groups excluding carboxylic acids is 2. The first-order valence-electron chi connectivity index (χ1n) is 9.53. The smallest absolute Gasteiger partial charge is 0.245 e. The van der Waals surface area contributed by atoms with E-state index >= 15 is 0 Å². The molecule has 5 heteroatoms. The molecule has 0 bridgehead atoms. The Kier molecular flexibility index (Phi) is 5.74. The monoisotopic (exact) mass is 343 g/mol. The number of carbonyl (C=O) groups is 2. The third-order valence-corrected chi connectivity index (χ3v) is 5.33. The molecule has 0 spiro atoms. The summed E-state index contributed by atoms with van der Waals surface area (Å²) < 4.78 is 0. The molecule has 25 heavy (non-hydrogen) atoms. The lowest BCUT2D eigenvalue weighted by molar-refractivity contribution is -0.135. The Hall–Kier alpha value is -1.88. The Balaban J connectivity index is 1.74. The highest BCUT2D eigenvalue weighted by molar-refractivity contribution is 6.01. The van der Waals surface area contributed by atoms with E-state index in [1.165, 1.54) is 5.56 Å². The van der Waals surface area contributed by atoms with Crippen LogP contribution < -0.4 is 4.90 Å². The average molecular weight is 343 g/mol. The van der Waals surface area contributed by atoms with Crippen LogP contribution in [0.5, 0.6) is 0 Å². The van der Waals surface area contributed by atoms with Gasteiger partial charge in [0.25, 0.3) is 0 Å². The zero-order valence-corrected chi connectivity index (χ0v) is 15.4. The van der Waals surface area contributed by atoms with Crippen molar-refractivity contribution in [3.8, 4) is 0 Å². The van der Waals surface area contributed by atoms with Gasteiger partial charge in [-0.2, -0.15) is 0 Å². The van der Waals surface area contributed by atoms with Crippen molar-refractivity contribution in [1.29, 1.82) is 0 Å². The Morgan fingerprint density at radius 3 is 2.56 bits per heavy atom. The first kappa shape index (κ1) is 17.9. The van der Waals surface area contributed by atoms with Crippen molar-refractivity contribution < 1.29 is 9.59 Å². The standard InChI is InChI=1S/C20H29N3O2/c1-3-11-21-12-14-22(15-13-21)20(25)16(2)23-18-9-5-4-7-17(18)8-6-10-19(23)24/h4-5,7,9,16H,3,6,8,10-15H2,1-2H3. The second-order valence-electron chi connectivity index (χ2n) is 7.09. The van der Waals surface area contributed by atoms with E-state index in [4.69, 9.17) is 0 Å². The van der Waals surface area contributed by atoms with Crippen LogP contribution in [0.15, 0.2) is 24.3 Å². The quantitative estimate of drug-likeness (QED) is 0.843. The lowest BCUT2D eigenvalue weighted by Crippen LogP contribution is -2.55. The number of aryl methyl sites for hydroxylation is 1. The number of piperazine rings is 1. The molecule has 0 radical (unpaired) electrons. The number of fused-ring (bicyclic) bond motifs is 1. The fraction of sp³-hybridized carbons (Fsp3) is 0.600. The number of nitrogens with zero attached hydrogens (tertiary/aromatic N) is 3. The molecule has 1 aromatic carbocycles. The summed E-state index contributed by atoms with van der Waals surface area (Å²) >= 11 is 0. The van der Waals surface area contributed by atoms with Crippen molar-refractivity contribution in [1.82, 2.24) is 9.80 Å². The van der Waals surface area contributed by atoms with Gasteiger partial charge in [0.1, 0.15) is 6.04 Å². The summed E-state index contributed by atoms with van der Waals surface area (Å²) in [6.45, 7) is 8.52. The topological polar surface area (TPSA) is 43.9 Å². The molecule has 0 aromatic heterocycles. The summed E-state index contributed by atoms with van der Waals surface area (Å²) in [6.07, 6.45) is 3.40. The molecule has 0 aliphatic carbocycles. The van der Waals surface area contributed by atoms with E-state index in [1.54, 1.807) is 4.90 Å². The maximum Gasteiger partial charge on any atom is 0.245 e. The van der Waals surface area contributed by atoms with E-state index < -0.39 is 6.04 Å². The average Bonchev–Trinajstić information content (AvgIpc) is 2.79. The Bertz CT molecular complexity index is 623. The second-order valence-corrected chi connectivity index (χ2v) is 7.09. The SMILES string of the molecule is CCCN1CCN(C(=O)C(C)N2C(=O)CCCc3ccccc32)CC1. The van der Waals surface area contributed by atoms with Gasteiger partial charge in [-0.15, -0.1) is 0 Å². The summed E-state index contributed by atoms with van der Waals surface area (Å²) in [4.78, 5) is 31.8. The molecule has 2 heterocycles. The van der Waals surface area contributed by atoms with Crippen LogP contribution >= 0.6 is 0 Å². The van der Waals surface area contributed by atoms with Crippen LogP contribution in [0.2, 0.25) is 0 Å². The summed E-state index contributed by atoms with van der Waals surface area (Å²) in [6, 6.07) is 7.56. The molecular formula is C20H29N3O2. The first-order chi connectivity index (χ1) is 12.1. The van der Waals surface area contributed by atoms with Crippen LogP contribution in [-0.4, -0.2) is 60.4 Å². The number of para-hydroxylation sites is 1. The minimum atomic E-state index is -0.440. The third-order valence-electron chi connectivity index (χ3n) is 5.33. The van der Waals surface area contributed by atoms with E-state index in [1.807, 2.05) is 30.0 Å². The van der Waals surface area contributed by atoms with Gasteiger partial charge in [0, 0.05) is 38.3 Å². The number of hydrogen-bond acceptors (Lipinski definition) is 3. The van der Waals surface area contributed by atoms with E-state index in [2.05, 4.69) is 17.9 Å². The van der Waals surface area contributed by atoms with E-state index in [9.17, 15) is 9.59 Å². The van der Waals surface area contributed by atoms with Gasteiger partial charge >= 0.3 is 0 Å². The van der Waals surface area contributed by atoms with Crippen molar-refractivity contribution in [3.05, 3.63) is 29.8 Å². The maximum atomic E-state index is 13.0. The molecule has 1 fully saturated rings. The Morgan fingerprint density at radius 1 is 1.12 bits per heavy atom. The van der Waals surface area contributed by atoms with E-state index in [0.717, 1.165) is 57.7 Å². The van der Waals surface area contributed by atoms with Crippen molar-refractivity contribution >= 4 is 17.5 Å². The molecular weight excluding hydrogens is 314 g/mol. The molecule has 3 rings (SSSR count). The summed E-state index contributed by atoms with van der Waals surface area (Å²) in [7, 11) is 0. The van der Waals surface area contributed by atoms with Crippen LogP contribution in [0, 0.1) is 0 Å². The van der Waals surface area contributed by atoms with Crippen molar-refractivity contribution in [2.45, 2.75) is 45.6 Å². The number of rotatable bonds is 4. The molecule has 2 amide bonds. The normalized spacial score (nSPS) is 20.2. The molecule has 0 saturated carbocycles. The van der Waals surface area contributed by atoms with Crippen LogP contribution in [0.3, 0.4) is 0 Å². The Labute approximate surface area is 150 Å². The molecule has 1 atom stereocenters. The van der Waals surface area contributed by atoms with Crippen molar-refractivity contribution in [2.75, 3.05) is 37.6 Å². The summed E-state index contributed by atoms with van der Waals surface area (Å²) in [5, 5.41) is 0. The zero-order chi connectivity index (χ0) is 17.8. The van der Waals surface area contributed by atoms with Crippen LogP contribution in [0.1, 0.15) is 38.7 Å². The summed E-state index contributed by atoms with van der Waals surface area (Å²) in [5.41, 5.74) is 2.08. The van der Waals surface area contributed by atoms with Gasteiger partial charge in [0.05, 0.1) is 0 Å². The van der Waals surface area contributed by atoms with Gasteiger partial charge in [-0.1, -0.05) is 25.1 Å². The van der Waals surface area contributed by atoms with Crippen molar-refractivity contribution in [3.63, 3.8) is 0 Å². The second kappa shape index (κ2) is 8.00. The first-order valence-corrected chi connectivity index (χ1v) is 9.53. The molecule has 1 unspecified atom stereocenters. The van der Waals surface area contributed by atoms with Gasteiger partial charge in [0.2, 0.25) is 11.8 Å². The highest BCUT2D eigenvalue weighted by Crippen LogP contribution is 2.29. The largest absolute Gasteiger partial charge is 0.338 e. The number of anilines is 1. The molecule has 5 nitrogen and oxygen atoms in total. The van der Waals surface area contributed by atoms with Crippen molar-refractivity contribution in [2.24, 2.45) is 0 Å². The molecule has 2 aliphatic rings. The minimum absolute atomic E-state index is 0.0652. The van der Waals surface area contributed by atoms with E-state index in [0.29, 0.717) is 6.42 Å². The highest BCUT2D eigenvalue weighted by atomic mass is 16.2. The lowest BCUT2D eigenvalue weighted by Gasteiger charge is -2.38. The predicted octanol–water partition coefficient (Wildman–Crippen LogP) is 2.30. The molecule has 0 N–H and O–H groups in total. The highest BCUT2D eigenvalue weighted by Gasteiger charge is 2.33. The number of amides is 2. The van der Waals surface area contributed by atoms with Crippen LogP contribution in [0.25, 0.3) is 0 Å². The maximum absolute atomic E-state index is 13.0. The fourth-order valence-electron chi connectivity index (χ4n) is 3.95. The van der Waals surface area contributed by atoms with Gasteiger partial charge < -0.3 is 4.90 Å². The minimum Gasteiger partial charge on any atom is -0.338 e. The number of benzene rings is 1. The van der Waals surface area contributed by atoms with E-state index in [-0.39, 0.29) is 11.8 Å². The molecule has 1 aromatic rings. The molecule has 2 aliphatic heterocycles. The number of hydrogen-bond donors (Lipinski definition) is 0. The fourth-order valence-corrected chi connectivity index (χ4v) is 3.95. The van der Waals surface area contributed by atoms with Crippen LogP contribution in [0.4, 0.5) is 5.69 Å². The molecule has 136 valence electrons. The zero-order valence-electron chi connectivity index (χ0n) is 15.4. The van der Waals surface area contributed by atoms with Gasteiger partial charge in [-0.3, -0.25) is 19.4 Å². The van der Waals surface area contributed by atoms with Gasteiger partial charge in [-0.25, -0.2) is 0 Å². The summed E-state index contributed by atoms with van der Waals surface area (Å²) in [5.74, 6) is 0.136. The Morgan fingerprint density at radius 2 is 1.84 bits per heavy atom. The third kappa shape index (κ3) is 3.87. The molecule has 1 saturated heterocycles. The van der Waals surface area contributed by atoms with Gasteiger partial charge in [0.15, 0.2) is 0 Å². The van der Waals surface area contributed by atoms with Gasteiger partial charge in [-0.05, 0) is 44.4 Å². The van der Waals surface area contributed by atoms with Crippen LogP contribution in [-0.2, 0) is 16.0 Å². The predicted molar refractivity (Wildman–Crippen MR) is 99.6 cm³/mol. The lowest BCUT2D eigenvalue weighted by atomic mass is 10.1.